The van der Waals surface area contributed by atoms with Crippen LogP contribution in [0.4, 0.5) is 9.39 Å². The molecular weight excluding hydrogens is 393 g/mol. The van der Waals surface area contributed by atoms with E-state index in [1.54, 1.807) is 0 Å². The lowest BCUT2D eigenvalue weighted by Crippen LogP contribution is -2.44. The van der Waals surface area contributed by atoms with Crippen molar-refractivity contribution in [2.75, 3.05) is 20.1 Å². The van der Waals surface area contributed by atoms with Crippen LogP contribution in [0.2, 0.25) is 0 Å². The van der Waals surface area contributed by atoms with Crippen LogP contribution in [0.5, 0.6) is 5.75 Å². The van der Waals surface area contributed by atoms with E-state index < -0.39 is 5.82 Å². The first-order valence-electron chi connectivity index (χ1n) is 9.49. The van der Waals surface area contributed by atoms with Crippen LogP contribution in [0.1, 0.15) is 18.5 Å². The zero-order valence-electron chi connectivity index (χ0n) is 15.8. The van der Waals surface area contributed by atoms with Crippen molar-refractivity contribution in [2.45, 2.75) is 25.3 Å². The number of fused-ring (bicyclic) bond motifs is 1. The number of aliphatic imine (C=N–C) groups is 1. The molecule has 29 heavy (non-hydrogen) atoms. The second kappa shape index (κ2) is 7.20. The summed E-state index contributed by atoms with van der Waals surface area (Å²) in [5.74, 6) is 0.570. The van der Waals surface area contributed by atoms with Crippen LogP contribution < -0.4 is 5.32 Å². The Balaban J connectivity index is 1.37. The van der Waals surface area contributed by atoms with E-state index in [1.165, 1.54) is 34.5 Å². The van der Waals surface area contributed by atoms with Gasteiger partial charge in [0.15, 0.2) is 5.82 Å². The molecule has 3 aromatic rings. The SMILES string of the molecule is CN(C1=Nc2sc(-c3ncc(-n4cc(F)cn4)cc3O)nc2C1)C1CCNCC1. The van der Waals surface area contributed by atoms with Gasteiger partial charge in [0.2, 0.25) is 0 Å². The molecule has 0 unspecified atom stereocenters. The lowest BCUT2D eigenvalue weighted by Gasteiger charge is -2.33. The molecule has 0 amide bonds. The van der Waals surface area contributed by atoms with Crippen molar-refractivity contribution in [1.82, 2.24) is 30.0 Å². The van der Waals surface area contributed by atoms with Gasteiger partial charge in [0, 0.05) is 19.2 Å². The number of aromatic nitrogens is 4. The number of hydrogen-bond acceptors (Lipinski definition) is 8. The molecule has 150 valence electrons. The van der Waals surface area contributed by atoms with Gasteiger partial charge in [-0.2, -0.15) is 5.10 Å². The van der Waals surface area contributed by atoms with Gasteiger partial charge in [-0.15, -0.1) is 0 Å². The molecule has 0 saturated carbocycles. The van der Waals surface area contributed by atoms with E-state index in [-0.39, 0.29) is 5.75 Å². The zero-order valence-corrected chi connectivity index (χ0v) is 16.7. The van der Waals surface area contributed by atoms with E-state index in [0.717, 1.165) is 48.7 Å². The number of likely N-dealkylation sites (N-methyl/N-ethyl adjacent to an activating group) is 1. The standard InChI is InChI=1S/C19H20FN7OS/c1-26(12-2-4-21-5-3-12)16-7-14-18(25-16)29-19(24-14)17-15(28)6-13(9-22-17)27-10-11(20)8-23-27/h6,8-10,12,21,28H,2-5,7H2,1H3. The molecule has 1 saturated heterocycles. The summed E-state index contributed by atoms with van der Waals surface area (Å²) >= 11 is 1.42. The predicted octanol–water partition coefficient (Wildman–Crippen LogP) is 2.51. The molecule has 0 radical (unpaired) electrons. The molecule has 2 N–H and O–H groups in total. The van der Waals surface area contributed by atoms with Crippen LogP contribution in [-0.4, -0.2) is 61.8 Å². The number of rotatable bonds is 3. The van der Waals surface area contributed by atoms with Crippen molar-refractivity contribution in [3.63, 3.8) is 0 Å². The maximum atomic E-state index is 13.2. The Morgan fingerprint density at radius 2 is 2.14 bits per heavy atom. The molecule has 0 aromatic carbocycles. The number of amidine groups is 1. The molecule has 1 fully saturated rings. The number of aromatic hydroxyl groups is 1. The molecule has 0 aliphatic carbocycles. The largest absolute Gasteiger partial charge is 0.505 e. The molecule has 5 rings (SSSR count). The van der Waals surface area contributed by atoms with Crippen LogP contribution >= 0.6 is 11.3 Å². The first-order valence-corrected chi connectivity index (χ1v) is 10.3. The molecule has 0 atom stereocenters. The van der Waals surface area contributed by atoms with E-state index in [1.807, 2.05) is 0 Å². The van der Waals surface area contributed by atoms with E-state index in [0.29, 0.717) is 28.9 Å². The van der Waals surface area contributed by atoms with Crippen molar-refractivity contribution in [2.24, 2.45) is 4.99 Å². The average Bonchev–Trinajstić information content (AvgIpc) is 3.42. The number of piperidine rings is 1. The third-order valence-electron chi connectivity index (χ3n) is 5.37. The molecule has 2 aliphatic rings. The molecule has 10 heteroatoms. The second-order valence-electron chi connectivity index (χ2n) is 7.23. The Morgan fingerprint density at radius 1 is 1.31 bits per heavy atom. The number of halogens is 1. The molecule has 8 nitrogen and oxygen atoms in total. The van der Waals surface area contributed by atoms with E-state index in [2.05, 4.69) is 32.3 Å². The Bertz CT molecular complexity index is 1090. The average molecular weight is 413 g/mol. The molecule has 3 aromatic heterocycles. The molecule has 0 spiro atoms. The minimum atomic E-state index is -0.451. The number of nitrogens with zero attached hydrogens (tertiary/aromatic N) is 6. The molecule has 0 bridgehead atoms. The number of pyridine rings is 1. The second-order valence-corrected chi connectivity index (χ2v) is 8.21. The summed E-state index contributed by atoms with van der Waals surface area (Å²) in [7, 11) is 2.11. The van der Waals surface area contributed by atoms with Gasteiger partial charge >= 0.3 is 0 Å². The lowest BCUT2D eigenvalue weighted by atomic mass is 10.1. The summed E-state index contributed by atoms with van der Waals surface area (Å²) in [6.07, 6.45) is 6.79. The number of nitrogens with one attached hydrogen (secondary N) is 1. The van der Waals surface area contributed by atoms with Gasteiger partial charge in [0.05, 0.1) is 36.4 Å². The van der Waals surface area contributed by atoms with Gasteiger partial charge in [-0.05, 0) is 25.9 Å². The first kappa shape index (κ1) is 18.2. The number of thiazole rings is 1. The minimum Gasteiger partial charge on any atom is -0.505 e. The van der Waals surface area contributed by atoms with Crippen molar-refractivity contribution in [3.8, 4) is 22.1 Å². The monoisotopic (exact) mass is 413 g/mol. The highest BCUT2D eigenvalue weighted by Crippen LogP contribution is 2.40. The quantitative estimate of drug-likeness (QED) is 0.686. The van der Waals surface area contributed by atoms with E-state index >= 15 is 0 Å². The Kier molecular flexibility index (Phi) is 4.51. The summed E-state index contributed by atoms with van der Waals surface area (Å²) in [5, 5.41) is 19.2. The summed E-state index contributed by atoms with van der Waals surface area (Å²) in [5.41, 5.74) is 1.78. The van der Waals surface area contributed by atoms with Gasteiger partial charge in [-0.3, -0.25) is 0 Å². The Labute approximate surface area is 170 Å². The van der Waals surface area contributed by atoms with Crippen molar-refractivity contribution >= 4 is 22.2 Å². The highest BCUT2D eigenvalue weighted by Gasteiger charge is 2.28. The van der Waals surface area contributed by atoms with Gasteiger partial charge in [0.1, 0.15) is 27.3 Å². The predicted molar refractivity (Wildman–Crippen MR) is 109 cm³/mol. The highest BCUT2D eigenvalue weighted by atomic mass is 32.1. The zero-order chi connectivity index (χ0) is 20.0. The maximum absolute atomic E-state index is 13.2. The van der Waals surface area contributed by atoms with Gasteiger partial charge < -0.3 is 15.3 Å². The van der Waals surface area contributed by atoms with Crippen LogP contribution in [0.25, 0.3) is 16.4 Å². The fourth-order valence-corrected chi connectivity index (χ4v) is 4.72. The van der Waals surface area contributed by atoms with Crippen LogP contribution in [-0.2, 0) is 6.42 Å². The van der Waals surface area contributed by atoms with E-state index in [9.17, 15) is 9.50 Å². The van der Waals surface area contributed by atoms with Gasteiger partial charge in [-0.1, -0.05) is 11.3 Å². The fraction of sp³-hybridized carbons (Fsp3) is 0.368. The summed E-state index contributed by atoms with van der Waals surface area (Å²) < 4.78 is 14.5. The maximum Gasteiger partial charge on any atom is 0.161 e. The summed E-state index contributed by atoms with van der Waals surface area (Å²) in [6.45, 7) is 2.08. The highest BCUT2D eigenvalue weighted by molar-refractivity contribution is 7.19. The van der Waals surface area contributed by atoms with Crippen molar-refractivity contribution in [3.05, 3.63) is 36.2 Å². The topological polar surface area (TPSA) is 91.5 Å². The fourth-order valence-electron chi connectivity index (χ4n) is 3.74. The summed E-state index contributed by atoms with van der Waals surface area (Å²) in [4.78, 5) is 16.1. The first-order chi connectivity index (χ1) is 14.1. The van der Waals surface area contributed by atoms with Gasteiger partial charge in [0.25, 0.3) is 0 Å². The third kappa shape index (κ3) is 3.38. The molecule has 5 heterocycles. The molecular formula is C19H20FN7OS. The van der Waals surface area contributed by atoms with Crippen LogP contribution in [0.15, 0.2) is 29.6 Å². The normalized spacial score (nSPS) is 16.7. The molecule has 2 aliphatic heterocycles. The van der Waals surface area contributed by atoms with E-state index in [4.69, 9.17) is 4.99 Å². The smallest absolute Gasteiger partial charge is 0.161 e. The Hall–Kier alpha value is -2.85. The third-order valence-corrected chi connectivity index (χ3v) is 6.37. The minimum absolute atomic E-state index is 0.0261. The van der Waals surface area contributed by atoms with Crippen LogP contribution in [0.3, 0.4) is 0 Å². The van der Waals surface area contributed by atoms with Crippen molar-refractivity contribution in [1.29, 1.82) is 0 Å². The van der Waals surface area contributed by atoms with Gasteiger partial charge in [-0.25, -0.2) is 24.0 Å². The Morgan fingerprint density at radius 3 is 2.83 bits per heavy atom. The lowest BCUT2D eigenvalue weighted by molar-refractivity contribution is 0.287. The summed E-state index contributed by atoms with van der Waals surface area (Å²) in [6, 6.07) is 2.01. The van der Waals surface area contributed by atoms with Crippen LogP contribution in [0, 0.1) is 5.82 Å². The number of hydrogen-bond donors (Lipinski definition) is 2. The van der Waals surface area contributed by atoms with Crippen molar-refractivity contribution < 1.29 is 9.50 Å².